The number of nitrogens with zero attached hydrogens (tertiary/aromatic N) is 2. The minimum atomic E-state index is -0.357. The van der Waals surface area contributed by atoms with E-state index in [1.165, 1.54) is 0 Å². The number of rotatable bonds is 6. The van der Waals surface area contributed by atoms with Gasteiger partial charge in [-0.25, -0.2) is 0 Å². The first-order valence-corrected chi connectivity index (χ1v) is 11.0. The maximum absolute atomic E-state index is 12.8. The molecule has 0 spiro atoms. The number of hydrogen-bond acceptors (Lipinski definition) is 4. The van der Waals surface area contributed by atoms with Crippen LogP contribution in [0.2, 0.25) is 0 Å². The zero-order chi connectivity index (χ0) is 21.8. The second kappa shape index (κ2) is 9.45. The molecule has 6 nitrogen and oxygen atoms in total. The molecule has 4 rings (SSSR count). The molecule has 31 heavy (non-hydrogen) atoms. The van der Waals surface area contributed by atoms with Gasteiger partial charge in [0.25, 0.3) is 11.5 Å². The predicted octanol–water partition coefficient (Wildman–Crippen LogP) is 3.16. The van der Waals surface area contributed by atoms with Gasteiger partial charge in [-0.2, -0.15) is 0 Å². The standard InChI is InChI=1S/C25H30N4O2/c1-3-28-13-15-29(16-14-28)17-20-11-12-23(25(31)27-20)24(30)26-18(2)21-10-6-8-19-7-4-5-9-22(19)21/h4-12,18H,3,13-17H2,1-2H3,(H,26,30)(H,27,31). The van der Waals surface area contributed by atoms with Gasteiger partial charge in [0.15, 0.2) is 0 Å². The highest BCUT2D eigenvalue weighted by molar-refractivity contribution is 5.94. The van der Waals surface area contributed by atoms with E-state index in [4.69, 9.17) is 0 Å². The molecule has 1 unspecified atom stereocenters. The summed E-state index contributed by atoms with van der Waals surface area (Å²) >= 11 is 0. The van der Waals surface area contributed by atoms with E-state index in [1.54, 1.807) is 6.07 Å². The Morgan fingerprint density at radius 2 is 1.71 bits per heavy atom. The van der Waals surface area contributed by atoms with Crippen molar-refractivity contribution in [2.24, 2.45) is 0 Å². The van der Waals surface area contributed by atoms with Gasteiger partial charge in [-0.3, -0.25) is 14.5 Å². The minimum Gasteiger partial charge on any atom is -0.345 e. The average molecular weight is 419 g/mol. The van der Waals surface area contributed by atoms with Gasteiger partial charge in [0, 0.05) is 38.4 Å². The Kier molecular flexibility index (Phi) is 6.49. The number of amides is 1. The third kappa shape index (κ3) is 4.86. The average Bonchev–Trinajstić information content (AvgIpc) is 2.79. The van der Waals surface area contributed by atoms with Gasteiger partial charge < -0.3 is 15.2 Å². The van der Waals surface area contributed by atoms with Crippen LogP contribution < -0.4 is 10.9 Å². The number of benzene rings is 2. The highest BCUT2D eigenvalue weighted by Crippen LogP contribution is 2.24. The number of likely N-dealkylation sites (N-methyl/N-ethyl adjacent to an activating group) is 1. The number of carbonyl (C=O) groups is 1. The van der Waals surface area contributed by atoms with E-state index >= 15 is 0 Å². The van der Waals surface area contributed by atoms with E-state index in [1.807, 2.05) is 37.3 Å². The fraction of sp³-hybridized carbons (Fsp3) is 0.360. The molecule has 2 N–H and O–H groups in total. The summed E-state index contributed by atoms with van der Waals surface area (Å²) in [6.45, 7) is 9.96. The Hall–Kier alpha value is -2.96. The molecule has 162 valence electrons. The van der Waals surface area contributed by atoms with Gasteiger partial charge in [-0.05, 0) is 41.9 Å². The van der Waals surface area contributed by atoms with Crippen molar-refractivity contribution in [2.75, 3.05) is 32.7 Å². The first kappa shape index (κ1) is 21.3. The van der Waals surface area contributed by atoms with E-state index in [-0.39, 0.29) is 23.1 Å². The zero-order valence-electron chi connectivity index (χ0n) is 18.2. The van der Waals surface area contributed by atoms with Crippen molar-refractivity contribution in [3.63, 3.8) is 0 Å². The lowest BCUT2D eigenvalue weighted by Crippen LogP contribution is -2.45. The fourth-order valence-electron chi connectivity index (χ4n) is 4.27. The molecule has 0 radical (unpaired) electrons. The summed E-state index contributed by atoms with van der Waals surface area (Å²) < 4.78 is 0. The van der Waals surface area contributed by atoms with Crippen molar-refractivity contribution in [1.82, 2.24) is 20.1 Å². The largest absolute Gasteiger partial charge is 0.345 e. The molecule has 1 aliphatic heterocycles. The van der Waals surface area contributed by atoms with Gasteiger partial charge in [0.1, 0.15) is 5.56 Å². The molecule has 0 aliphatic carbocycles. The molecule has 1 aromatic heterocycles. The number of fused-ring (bicyclic) bond motifs is 1. The quantitative estimate of drug-likeness (QED) is 0.645. The Labute approximate surface area is 182 Å². The number of aromatic nitrogens is 1. The molecule has 1 aliphatic rings. The molecule has 0 bridgehead atoms. The normalized spacial score (nSPS) is 16.3. The maximum Gasteiger partial charge on any atom is 0.261 e. The minimum absolute atomic E-state index is 0.145. The van der Waals surface area contributed by atoms with Crippen LogP contribution in [0, 0.1) is 0 Å². The van der Waals surface area contributed by atoms with Crippen molar-refractivity contribution in [3.05, 3.63) is 81.8 Å². The van der Waals surface area contributed by atoms with Crippen molar-refractivity contribution in [3.8, 4) is 0 Å². The van der Waals surface area contributed by atoms with Crippen LogP contribution in [0.5, 0.6) is 0 Å². The molecule has 1 fully saturated rings. The van der Waals surface area contributed by atoms with Crippen LogP contribution in [0.3, 0.4) is 0 Å². The molecule has 2 aromatic carbocycles. The summed E-state index contributed by atoms with van der Waals surface area (Å²) in [7, 11) is 0. The van der Waals surface area contributed by atoms with E-state index in [2.05, 4.69) is 45.2 Å². The predicted molar refractivity (Wildman–Crippen MR) is 124 cm³/mol. The number of H-pyrrole nitrogens is 1. The number of hydrogen-bond donors (Lipinski definition) is 2. The number of pyridine rings is 1. The Bertz CT molecular complexity index is 1110. The molecule has 0 saturated carbocycles. The summed E-state index contributed by atoms with van der Waals surface area (Å²) in [6, 6.07) is 17.4. The SMILES string of the molecule is CCN1CCN(Cc2ccc(C(=O)NC(C)c3cccc4ccccc34)c(=O)[nH]2)CC1. The second-order valence-corrected chi connectivity index (χ2v) is 8.20. The highest BCUT2D eigenvalue weighted by Gasteiger charge is 2.18. The van der Waals surface area contributed by atoms with Crippen molar-refractivity contribution in [1.29, 1.82) is 0 Å². The summed E-state index contributed by atoms with van der Waals surface area (Å²) in [5.41, 5.74) is 1.68. The molecular weight excluding hydrogens is 388 g/mol. The summed E-state index contributed by atoms with van der Waals surface area (Å²) in [5.74, 6) is -0.357. The third-order valence-corrected chi connectivity index (χ3v) is 6.16. The lowest BCUT2D eigenvalue weighted by molar-refractivity contribution is 0.0938. The number of nitrogens with one attached hydrogen (secondary N) is 2. The monoisotopic (exact) mass is 418 g/mol. The molecule has 1 saturated heterocycles. The lowest BCUT2D eigenvalue weighted by atomic mass is 9.99. The smallest absolute Gasteiger partial charge is 0.261 e. The highest BCUT2D eigenvalue weighted by atomic mass is 16.2. The molecule has 1 amide bonds. The van der Waals surface area contributed by atoms with Crippen molar-refractivity contribution >= 4 is 16.7 Å². The molecular formula is C25H30N4O2. The topological polar surface area (TPSA) is 68.4 Å². The summed E-state index contributed by atoms with van der Waals surface area (Å²) in [6.07, 6.45) is 0. The van der Waals surface area contributed by atoms with E-state index < -0.39 is 0 Å². The maximum atomic E-state index is 12.8. The van der Waals surface area contributed by atoms with Crippen molar-refractivity contribution in [2.45, 2.75) is 26.4 Å². The van der Waals surface area contributed by atoms with Gasteiger partial charge in [-0.1, -0.05) is 49.4 Å². The van der Waals surface area contributed by atoms with E-state index in [0.29, 0.717) is 6.54 Å². The van der Waals surface area contributed by atoms with Gasteiger partial charge in [0.2, 0.25) is 0 Å². The van der Waals surface area contributed by atoms with Crippen molar-refractivity contribution < 1.29 is 4.79 Å². The zero-order valence-corrected chi connectivity index (χ0v) is 18.2. The van der Waals surface area contributed by atoms with Gasteiger partial charge in [0.05, 0.1) is 6.04 Å². The Balaban J connectivity index is 1.43. The third-order valence-electron chi connectivity index (χ3n) is 6.16. The van der Waals surface area contributed by atoms with E-state index in [9.17, 15) is 9.59 Å². The van der Waals surface area contributed by atoms with Crippen LogP contribution in [0.1, 0.15) is 41.5 Å². The first-order valence-electron chi connectivity index (χ1n) is 11.0. The van der Waals surface area contributed by atoms with Gasteiger partial charge in [-0.15, -0.1) is 0 Å². The van der Waals surface area contributed by atoms with Crippen LogP contribution in [0.15, 0.2) is 59.4 Å². The van der Waals surface area contributed by atoms with Crippen LogP contribution in [0.25, 0.3) is 10.8 Å². The van der Waals surface area contributed by atoms with Gasteiger partial charge >= 0.3 is 0 Å². The lowest BCUT2D eigenvalue weighted by Gasteiger charge is -2.33. The Morgan fingerprint density at radius 3 is 2.45 bits per heavy atom. The number of piperazine rings is 1. The fourth-order valence-corrected chi connectivity index (χ4v) is 4.27. The number of aromatic amines is 1. The van der Waals surface area contributed by atoms with Crippen LogP contribution in [0.4, 0.5) is 0 Å². The first-order chi connectivity index (χ1) is 15.0. The molecule has 6 heteroatoms. The molecule has 2 heterocycles. The summed E-state index contributed by atoms with van der Waals surface area (Å²) in [4.78, 5) is 33.1. The second-order valence-electron chi connectivity index (χ2n) is 8.20. The van der Waals surface area contributed by atoms with Crippen LogP contribution >= 0.6 is 0 Å². The van der Waals surface area contributed by atoms with Crippen LogP contribution in [-0.2, 0) is 6.54 Å². The number of carbonyl (C=O) groups excluding carboxylic acids is 1. The molecule has 3 aromatic rings. The summed E-state index contributed by atoms with van der Waals surface area (Å²) in [5, 5.41) is 5.21. The van der Waals surface area contributed by atoms with Crippen LogP contribution in [-0.4, -0.2) is 53.4 Å². The van der Waals surface area contributed by atoms with E-state index in [0.717, 1.165) is 54.8 Å². The molecule has 1 atom stereocenters. The Morgan fingerprint density at radius 1 is 1.00 bits per heavy atom.